The van der Waals surface area contributed by atoms with Gasteiger partial charge in [-0.05, 0) is 51.0 Å². The van der Waals surface area contributed by atoms with E-state index in [0.29, 0.717) is 11.5 Å². The Balaban J connectivity index is 2.53. The van der Waals surface area contributed by atoms with Crippen molar-refractivity contribution in [2.24, 2.45) is 0 Å². The Bertz CT molecular complexity index is 449. The van der Waals surface area contributed by atoms with Gasteiger partial charge >= 0.3 is 0 Å². The van der Waals surface area contributed by atoms with Gasteiger partial charge in [-0.25, -0.2) is 0 Å². The van der Waals surface area contributed by atoms with Crippen LogP contribution in [-0.4, -0.2) is 16.6 Å². The zero-order chi connectivity index (χ0) is 13.8. The largest absolute Gasteiger partial charge is 0.358 e. The summed E-state index contributed by atoms with van der Waals surface area (Å²) >= 11 is 5.08. The van der Waals surface area contributed by atoms with E-state index in [4.69, 9.17) is 12.2 Å². The second-order valence-corrected chi connectivity index (χ2v) is 5.76. The number of hydrogen-bond acceptors (Lipinski definition) is 2. The van der Waals surface area contributed by atoms with Crippen LogP contribution >= 0.6 is 12.2 Å². The van der Waals surface area contributed by atoms with E-state index in [9.17, 15) is 4.79 Å². The summed E-state index contributed by atoms with van der Waals surface area (Å²) in [6.45, 7) is 7.97. The average molecular weight is 264 g/mol. The lowest BCUT2D eigenvalue weighted by Gasteiger charge is -2.22. The molecular formula is C14H20N2OS. The van der Waals surface area contributed by atoms with Crippen LogP contribution in [0.25, 0.3) is 0 Å². The van der Waals surface area contributed by atoms with Crippen molar-refractivity contribution in [2.75, 3.05) is 0 Å². The molecule has 18 heavy (non-hydrogen) atoms. The number of amides is 1. The number of rotatable bonds is 2. The molecule has 0 saturated carbocycles. The standard InChI is InChI=1S/C14H20N2OS/c1-10-7-5-6-8-11(10)9-12(17)15-13(18)16-14(2,3)4/h5-8H,9H2,1-4H3,(H2,15,16,17,18). The summed E-state index contributed by atoms with van der Waals surface area (Å²) in [5.74, 6) is -0.0916. The Kier molecular flexibility index (Phi) is 4.84. The van der Waals surface area contributed by atoms with Crippen molar-refractivity contribution in [3.05, 3.63) is 35.4 Å². The quantitative estimate of drug-likeness (QED) is 0.806. The maximum Gasteiger partial charge on any atom is 0.230 e. The third-order valence-corrected chi connectivity index (χ3v) is 2.56. The first kappa shape index (κ1) is 14.6. The first-order valence-corrected chi connectivity index (χ1v) is 6.35. The molecule has 0 unspecified atom stereocenters. The molecule has 0 heterocycles. The number of benzene rings is 1. The summed E-state index contributed by atoms with van der Waals surface area (Å²) in [6, 6.07) is 7.84. The maximum absolute atomic E-state index is 11.8. The number of nitrogens with one attached hydrogen (secondary N) is 2. The van der Waals surface area contributed by atoms with Crippen molar-refractivity contribution < 1.29 is 4.79 Å². The van der Waals surface area contributed by atoms with Gasteiger partial charge in [0, 0.05) is 5.54 Å². The van der Waals surface area contributed by atoms with Crippen LogP contribution in [0, 0.1) is 6.92 Å². The molecule has 0 radical (unpaired) electrons. The number of carbonyl (C=O) groups excluding carboxylic acids is 1. The number of thiocarbonyl (C=S) groups is 1. The second-order valence-electron chi connectivity index (χ2n) is 5.36. The van der Waals surface area contributed by atoms with Gasteiger partial charge in [0.2, 0.25) is 5.91 Å². The van der Waals surface area contributed by atoms with Crippen LogP contribution in [0.15, 0.2) is 24.3 Å². The molecule has 4 heteroatoms. The minimum atomic E-state index is -0.146. The van der Waals surface area contributed by atoms with Gasteiger partial charge in [0.25, 0.3) is 0 Å². The minimum absolute atomic E-state index is 0.0916. The SMILES string of the molecule is Cc1ccccc1CC(=O)NC(=S)NC(C)(C)C. The number of carbonyl (C=O) groups is 1. The number of aryl methyl sites for hydroxylation is 1. The van der Waals surface area contributed by atoms with Crippen molar-refractivity contribution in [3.63, 3.8) is 0 Å². The molecule has 0 aliphatic rings. The first-order chi connectivity index (χ1) is 8.28. The van der Waals surface area contributed by atoms with E-state index in [0.717, 1.165) is 11.1 Å². The Morgan fingerprint density at radius 3 is 2.44 bits per heavy atom. The third kappa shape index (κ3) is 5.27. The molecule has 1 rings (SSSR count). The highest BCUT2D eigenvalue weighted by Gasteiger charge is 2.13. The highest BCUT2D eigenvalue weighted by Crippen LogP contribution is 2.07. The Hall–Kier alpha value is -1.42. The summed E-state index contributed by atoms with van der Waals surface area (Å²) in [6.07, 6.45) is 0.346. The topological polar surface area (TPSA) is 41.1 Å². The summed E-state index contributed by atoms with van der Waals surface area (Å²) in [5, 5.41) is 6.12. The van der Waals surface area contributed by atoms with Gasteiger partial charge in [-0.2, -0.15) is 0 Å². The normalized spacial score (nSPS) is 10.9. The molecule has 0 bridgehead atoms. The van der Waals surface area contributed by atoms with Crippen molar-refractivity contribution in [2.45, 2.75) is 39.7 Å². The van der Waals surface area contributed by atoms with Gasteiger partial charge in [0.1, 0.15) is 0 Å². The molecule has 0 spiro atoms. The van der Waals surface area contributed by atoms with E-state index >= 15 is 0 Å². The van der Waals surface area contributed by atoms with Gasteiger partial charge in [-0.3, -0.25) is 4.79 Å². The third-order valence-electron chi connectivity index (χ3n) is 2.35. The van der Waals surface area contributed by atoms with Crippen LogP contribution in [0.4, 0.5) is 0 Å². The van der Waals surface area contributed by atoms with Crippen LogP contribution in [0.1, 0.15) is 31.9 Å². The first-order valence-electron chi connectivity index (χ1n) is 5.94. The van der Waals surface area contributed by atoms with Crippen LogP contribution in [-0.2, 0) is 11.2 Å². The van der Waals surface area contributed by atoms with Crippen LogP contribution in [0.2, 0.25) is 0 Å². The minimum Gasteiger partial charge on any atom is -0.358 e. The highest BCUT2D eigenvalue weighted by molar-refractivity contribution is 7.80. The molecule has 0 saturated heterocycles. The Morgan fingerprint density at radius 1 is 1.28 bits per heavy atom. The average Bonchev–Trinajstić information content (AvgIpc) is 2.18. The molecule has 3 nitrogen and oxygen atoms in total. The van der Waals surface area contributed by atoms with Gasteiger partial charge in [0.15, 0.2) is 5.11 Å². The summed E-state index contributed by atoms with van der Waals surface area (Å²) in [7, 11) is 0. The fourth-order valence-corrected chi connectivity index (χ4v) is 1.94. The molecule has 1 aromatic carbocycles. The fraction of sp³-hybridized carbons (Fsp3) is 0.429. The Morgan fingerprint density at radius 2 is 1.89 bits per heavy atom. The van der Waals surface area contributed by atoms with Gasteiger partial charge < -0.3 is 10.6 Å². The highest BCUT2D eigenvalue weighted by atomic mass is 32.1. The Labute approximate surface area is 114 Å². The molecule has 0 fully saturated rings. The molecule has 0 aliphatic carbocycles. The van der Waals surface area contributed by atoms with E-state index in [1.807, 2.05) is 52.0 Å². The van der Waals surface area contributed by atoms with Gasteiger partial charge in [-0.15, -0.1) is 0 Å². The van der Waals surface area contributed by atoms with Gasteiger partial charge in [0.05, 0.1) is 6.42 Å². The van der Waals surface area contributed by atoms with Crippen LogP contribution < -0.4 is 10.6 Å². The van der Waals surface area contributed by atoms with E-state index in [-0.39, 0.29) is 11.4 Å². The van der Waals surface area contributed by atoms with Crippen molar-refractivity contribution >= 4 is 23.2 Å². The van der Waals surface area contributed by atoms with Gasteiger partial charge in [-0.1, -0.05) is 24.3 Å². The van der Waals surface area contributed by atoms with E-state index in [1.54, 1.807) is 0 Å². The van der Waals surface area contributed by atoms with Crippen molar-refractivity contribution in [1.82, 2.24) is 10.6 Å². The van der Waals surface area contributed by atoms with Crippen molar-refractivity contribution in [1.29, 1.82) is 0 Å². The second kappa shape index (κ2) is 5.96. The van der Waals surface area contributed by atoms with Crippen LogP contribution in [0.5, 0.6) is 0 Å². The predicted octanol–water partition coefficient (Wildman–Crippen LogP) is 2.33. The van der Waals surface area contributed by atoms with Crippen LogP contribution in [0.3, 0.4) is 0 Å². The summed E-state index contributed by atoms with van der Waals surface area (Å²) in [4.78, 5) is 11.8. The summed E-state index contributed by atoms with van der Waals surface area (Å²) < 4.78 is 0. The molecule has 98 valence electrons. The summed E-state index contributed by atoms with van der Waals surface area (Å²) in [5.41, 5.74) is 1.99. The molecule has 1 aromatic rings. The monoisotopic (exact) mass is 264 g/mol. The lowest BCUT2D eigenvalue weighted by atomic mass is 10.1. The molecule has 0 aliphatic heterocycles. The smallest absolute Gasteiger partial charge is 0.230 e. The predicted molar refractivity (Wildman–Crippen MR) is 78.5 cm³/mol. The zero-order valence-electron chi connectivity index (χ0n) is 11.3. The fourth-order valence-electron chi connectivity index (χ4n) is 1.52. The molecule has 1 amide bonds. The lowest BCUT2D eigenvalue weighted by molar-refractivity contribution is -0.119. The maximum atomic E-state index is 11.8. The lowest BCUT2D eigenvalue weighted by Crippen LogP contribution is -2.48. The molecular weight excluding hydrogens is 244 g/mol. The number of hydrogen-bond donors (Lipinski definition) is 2. The van der Waals surface area contributed by atoms with E-state index in [2.05, 4.69) is 10.6 Å². The molecule has 0 aromatic heterocycles. The molecule has 0 atom stereocenters. The molecule has 2 N–H and O–H groups in total. The van der Waals surface area contributed by atoms with E-state index < -0.39 is 0 Å². The van der Waals surface area contributed by atoms with Crippen molar-refractivity contribution in [3.8, 4) is 0 Å². The zero-order valence-corrected chi connectivity index (χ0v) is 12.1. The van der Waals surface area contributed by atoms with E-state index in [1.165, 1.54) is 0 Å².